The minimum atomic E-state index is -1.92. The van der Waals surface area contributed by atoms with Crippen LogP contribution in [0.1, 0.15) is 26.7 Å². The van der Waals surface area contributed by atoms with Crippen LogP contribution in [0.15, 0.2) is 0 Å². The summed E-state index contributed by atoms with van der Waals surface area (Å²) in [6.45, 7) is 9.95. The highest BCUT2D eigenvalue weighted by atomic mass is 28.4. The number of hydrogen-bond acceptors (Lipinski definition) is 4. The van der Waals surface area contributed by atoms with Crippen LogP contribution in [-0.2, 0) is 8.85 Å². The second-order valence-corrected chi connectivity index (χ2v) is 7.83. The van der Waals surface area contributed by atoms with E-state index in [-0.39, 0.29) is 6.61 Å². The lowest BCUT2D eigenvalue weighted by atomic mass is 10.4. The van der Waals surface area contributed by atoms with Gasteiger partial charge >= 0.3 is 8.56 Å². The minimum Gasteiger partial charge on any atom is -0.396 e. The molecule has 0 radical (unpaired) electrons. The van der Waals surface area contributed by atoms with E-state index in [1.54, 1.807) is 0 Å². The molecule has 17 heavy (non-hydrogen) atoms. The zero-order valence-corrected chi connectivity index (χ0v) is 12.9. The van der Waals surface area contributed by atoms with Gasteiger partial charge in [-0.2, -0.15) is 0 Å². The third-order valence-corrected chi connectivity index (χ3v) is 5.83. The molecule has 0 aromatic carbocycles. The Hall–Kier alpha value is 0.0569. The van der Waals surface area contributed by atoms with Crippen LogP contribution in [0.25, 0.3) is 0 Å². The summed E-state index contributed by atoms with van der Waals surface area (Å²) in [5, 5.41) is 8.75. The van der Waals surface area contributed by atoms with E-state index < -0.39 is 8.56 Å². The molecule has 0 aliphatic carbocycles. The van der Waals surface area contributed by atoms with Gasteiger partial charge in [0.05, 0.1) is 0 Å². The van der Waals surface area contributed by atoms with Crippen molar-refractivity contribution < 1.29 is 14.0 Å². The topological polar surface area (TPSA) is 41.9 Å². The summed E-state index contributed by atoms with van der Waals surface area (Å²) in [6, 6.07) is 1.04. The predicted octanol–water partition coefficient (Wildman–Crippen LogP) is 1.84. The largest absolute Gasteiger partial charge is 0.396 e. The molecule has 0 saturated heterocycles. The molecule has 0 aromatic rings. The summed E-state index contributed by atoms with van der Waals surface area (Å²) in [5.41, 5.74) is 0. The first-order valence-electron chi connectivity index (χ1n) is 6.65. The lowest BCUT2D eigenvalue weighted by Crippen LogP contribution is -2.39. The molecule has 0 aliphatic heterocycles. The predicted molar refractivity (Wildman–Crippen MR) is 73.5 cm³/mol. The van der Waals surface area contributed by atoms with Crippen molar-refractivity contribution in [1.82, 2.24) is 4.90 Å². The van der Waals surface area contributed by atoms with Gasteiger partial charge in [-0.15, -0.1) is 0 Å². The summed E-state index contributed by atoms with van der Waals surface area (Å²) >= 11 is 0. The summed E-state index contributed by atoms with van der Waals surface area (Å²) < 4.78 is 11.6. The quantitative estimate of drug-likeness (QED) is 0.578. The van der Waals surface area contributed by atoms with Crippen molar-refractivity contribution in [2.24, 2.45) is 0 Å². The van der Waals surface area contributed by atoms with Crippen molar-refractivity contribution >= 4 is 8.56 Å². The van der Waals surface area contributed by atoms with Gasteiger partial charge in [-0.05, 0) is 52.9 Å². The molecule has 0 saturated carbocycles. The van der Waals surface area contributed by atoms with Crippen LogP contribution < -0.4 is 0 Å². The van der Waals surface area contributed by atoms with Gasteiger partial charge in [0.25, 0.3) is 0 Å². The molecule has 104 valence electrons. The molecule has 0 fully saturated rings. The van der Waals surface area contributed by atoms with E-state index in [9.17, 15) is 0 Å². The average Bonchev–Trinajstić information content (AvgIpc) is 2.27. The lowest BCUT2D eigenvalue weighted by Gasteiger charge is -2.26. The third kappa shape index (κ3) is 8.74. The van der Waals surface area contributed by atoms with Gasteiger partial charge in [-0.25, -0.2) is 0 Å². The SMILES string of the molecule is CCO[Si](C)(CCCN(C)CCCO)OCC. The van der Waals surface area contributed by atoms with E-state index in [1.807, 2.05) is 13.8 Å². The monoisotopic (exact) mass is 263 g/mol. The van der Waals surface area contributed by atoms with Crippen LogP contribution in [0, 0.1) is 0 Å². The first-order chi connectivity index (χ1) is 8.08. The molecule has 0 spiro atoms. The van der Waals surface area contributed by atoms with E-state index in [0.29, 0.717) is 0 Å². The van der Waals surface area contributed by atoms with E-state index in [2.05, 4.69) is 18.5 Å². The second-order valence-electron chi connectivity index (χ2n) is 4.48. The van der Waals surface area contributed by atoms with Gasteiger partial charge in [0, 0.05) is 26.4 Å². The molecule has 0 bridgehead atoms. The highest BCUT2D eigenvalue weighted by Gasteiger charge is 2.29. The first-order valence-corrected chi connectivity index (χ1v) is 9.17. The fraction of sp³-hybridized carbons (Fsp3) is 1.00. The summed E-state index contributed by atoms with van der Waals surface area (Å²) in [7, 11) is 0.170. The summed E-state index contributed by atoms with van der Waals surface area (Å²) in [6.07, 6.45) is 1.95. The smallest absolute Gasteiger partial charge is 0.334 e. The van der Waals surface area contributed by atoms with Gasteiger partial charge in [-0.1, -0.05) is 0 Å². The second kappa shape index (κ2) is 10.0. The van der Waals surface area contributed by atoms with E-state index >= 15 is 0 Å². The molecule has 0 heterocycles. The molecule has 4 nitrogen and oxygen atoms in total. The van der Waals surface area contributed by atoms with Crippen molar-refractivity contribution in [3.05, 3.63) is 0 Å². The van der Waals surface area contributed by atoms with Crippen molar-refractivity contribution in [3.63, 3.8) is 0 Å². The van der Waals surface area contributed by atoms with Gasteiger partial charge in [0.2, 0.25) is 0 Å². The molecule has 0 atom stereocenters. The van der Waals surface area contributed by atoms with Crippen molar-refractivity contribution in [2.45, 2.75) is 39.3 Å². The highest BCUT2D eigenvalue weighted by Crippen LogP contribution is 2.16. The minimum absolute atomic E-state index is 0.273. The maximum absolute atomic E-state index is 8.75. The maximum Gasteiger partial charge on any atom is 0.334 e. The van der Waals surface area contributed by atoms with Gasteiger partial charge in [0.15, 0.2) is 0 Å². The number of hydrogen-bond donors (Lipinski definition) is 1. The van der Waals surface area contributed by atoms with Crippen molar-refractivity contribution in [3.8, 4) is 0 Å². The Bertz CT molecular complexity index is 175. The first kappa shape index (κ1) is 17.1. The average molecular weight is 263 g/mol. The fourth-order valence-electron chi connectivity index (χ4n) is 1.92. The third-order valence-electron chi connectivity index (χ3n) is 2.77. The standard InChI is InChI=1S/C12H29NO3Si/c1-5-15-17(4,16-6-2)12-8-10-13(3)9-7-11-14/h14H,5-12H2,1-4H3. The Labute approximate surface area is 107 Å². The Morgan fingerprint density at radius 2 is 1.59 bits per heavy atom. The molecule has 0 rings (SSSR count). The number of aliphatic hydroxyl groups excluding tert-OH is 1. The highest BCUT2D eigenvalue weighted by molar-refractivity contribution is 6.66. The molecule has 1 N–H and O–H groups in total. The molecule has 5 heteroatoms. The van der Waals surface area contributed by atoms with Crippen molar-refractivity contribution in [1.29, 1.82) is 0 Å². The van der Waals surface area contributed by atoms with Gasteiger partial charge in [0.1, 0.15) is 0 Å². The molecule has 0 aromatic heterocycles. The van der Waals surface area contributed by atoms with E-state index in [0.717, 1.165) is 45.2 Å². The Kier molecular flexibility index (Phi) is 10.1. The summed E-state index contributed by atoms with van der Waals surface area (Å²) in [4.78, 5) is 2.25. The van der Waals surface area contributed by atoms with Crippen LogP contribution >= 0.6 is 0 Å². The van der Waals surface area contributed by atoms with Crippen LogP contribution in [0.2, 0.25) is 12.6 Å². The van der Waals surface area contributed by atoms with Gasteiger partial charge in [-0.3, -0.25) is 0 Å². The maximum atomic E-state index is 8.75. The van der Waals surface area contributed by atoms with Gasteiger partial charge < -0.3 is 18.9 Å². The van der Waals surface area contributed by atoms with Crippen LogP contribution in [-0.4, -0.2) is 58.5 Å². The molecular formula is C12H29NO3Si. The van der Waals surface area contributed by atoms with Crippen LogP contribution in [0.4, 0.5) is 0 Å². The normalized spacial score (nSPS) is 12.4. The molecule has 0 unspecified atom stereocenters. The van der Waals surface area contributed by atoms with Crippen LogP contribution in [0.3, 0.4) is 0 Å². The number of aliphatic hydroxyl groups is 1. The molecule has 0 amide bonds. The zero-order valence-electron chi connectivity index (χ0n) is 11.9. The number of rotatable bonds is 11. The summed E-state index contributed by atoms with van der Waals surface area (Å²) in [5.74, 6) is 0. The van der Waals surface area contributed by atoms with Crippen LogP contribution in [0.5, 0.6) is 0 Å². The zero-order chi connectivity index (χ0) is 13.1. The van der Waals surface area contributed by atoms with Crippen molar-refractivity contribution in [2.75, 3.05) is 40.0 Å². The lowest BCUT2D eigenvalue weighted by molar-refractivity contribution is 0.186. The Morgan fingerprint density at radius 3 is 2.06 bits per heavy atom. The molecule has 0 aliphatic rings. The van der Waals surface area contributed by atoms with E-state index in [1.165, 1.54) is 0 Å². The Balaban J connectivity index is 3.80. The number of nitrogens with zero attached hydrogens (tertiary/aromatic N) is 1. The fourth-order valence-corrected chi connectivity index (χ4v) is 4.31. The van der Waals surface area contributed by atoms with E-state index in [4.69, 9.17) is 14.0 Å². The Morgan fingerprint density at radius 1 is 1.06 bits per heavy atom. The molecular weight excluding hydrogens is 234 g/mol.